The molecule has 4 unspecified atom stereocenters. The summed E-state index contributed by atoms with van der Waals surface area (Å²) in [5.74, 6) is 2.48. The van der Waals surface area contributed by atoms with Crippen LogP contribution in [0.5, 0.6) is 0 Å². The van der Waals surface area contributed by atoms with Crippen molar-refractivity contribution in [3.8, 4) is 0 Å². The number of hydrogen-bond acceptors (Lipinski definition) is 4. The van der Waals surface area contributed by atoms with Crippen molar-refractivity contribution >= 4 is 11.7 Å². The average molecular weight is 382 g/mol. The Morgan fingerprint density at radius 2 is 1.39 bits per heavy atom. The summed E-state index contributed by atoms with van der Waals surface area (Å²) in [5, 5.41) is 23.0. The second-order valence-corrected chi connectivity index (χ2v) is 12.3. The van der Waals surface area contributed by atoms with Crippen LogP contribution in [0.2, 0.25) is 0 Å². The van der Waals surface area contributed by atoms with Crippen LogP contribution in [0.3, 0.4) is 0 Å². The van der Waals surface area contributed by atoms with Crippen molar-refractivity contribution in [1.82, 2.24) is 0 Å². The van der Waals surface area contributed by atoms with Crippen LogP contribution in [-0.4, -0.2) is 23.3 Å². The number of rotatable bonds is 3. The molecule has 150 valence electrons. The Hall–Kier alpha value is -1.26. The van der Waals surface area contributed by atoms with E-state index in [2.05, 4.69) is 15.4 Å². The minimum Gasteiger partial charge on any atom is -0.481 e. The monoisotopic (exact) mass is 381 g/mol. The summed E-state index contributed by atoms with van der Waals surface area (Å²) >= 11 is 0. The molecule has 5 nitrogen and oxygen atoms in total. The highest BCUT2D eigenvalue weighted by molar-refractivity contribution is 5.93. The molecular weight excluding hydrogens is 350 g/mol. The highest BCUT2D eigenvalue weighted by atomic mass is 16.4. The largest absolute Gasteiger partial charge is 0.481 e. The predicted molar refractivity (Wildman–Crippen MR) is 104 cm³/mol. The maximum atomic E-state index is 12.5. The van der Waals surface area contributed by atoms with E-state index in [1.807, 2.05) is 0 Å². The lowest BCUT2D eigenvalue weighted by Gasteiger charge is -2.73. The molecule has 9 rings (SSSR count). The number of aliphatic carboxylic acids is 1. The molecule has 0 aromatic rings. The molecular formula is C23H31N3O2. The van der Waals surface area contributed by atoms with Gasteiger partial charge in [-0.2, -0.15) is 5.11 Å². The van der Waals surface area contributed by atoms with E-state index >= 15 is 0 Å². The molecule has 1 N–H and O–H groups in total. The third-order valence-corrected chi connectivity index (χ3v) is 10.8. The second-order valence-electron chi connectivity index (χ2n) is 12.3. The molecule has 0 radical (unpaired) electrons. The Balaban J connectivity index is 1.34. The number of carboxylic acids is 1. The van der Waals surface area contributed by atoms with Gasteiger partial charge in [0.15, 0.2) is 0 Å². The lowest BCUT2D eigenvalue weighted by molar-refractivity contribution is -0.232. The van der Waals surface area contributed by atoms with Crippen LogP contribution in [-0.2, 0) is 4.79 Å². The van der Waals surface area contributed by atoms with E-state index in [1.165, 1.54) is 63.5 Å². The lowest BCUT2D eigenvalue weighted by Crippen LogP contribution is -2.66. The smallest absolute Gasteiger partial charge is 0.309 e. The van der Waals surface area contributed by atoms with E-state index in [0.717, 1.165) is 31.1 Å². The summed E-state index contributed by atoms with van der Waals surface area (Å²) in [6.45, 7) is 0.715. The molecule has 0 amide bonds. The summed E-state index contributed by atoms with van der Waals surface area (Å²) in [6, 6.07) is 0. The summed E-state index contributed by atoms with van der Waals surface area (Å²) in [6.07, 6.45) is 14.8. The Morgan fingerprint density at radius 3 is 1.93 bits per heavy atom. The normalized spacial score (nSPS) is 57.8. The zero-order valence-corrected chi connectivity index (χ0v) is 16.7. The molecule has 9 aliphatic rings. The first kappa shape index (κ1) is 16.5. The van der Waals surface area contributed by atoms with Crippen molar-refractivity contribution in [2.24, 2.45) is 60.8 Å². The molecule has 5 heteroatoms. The molecule has 1 aliphatic heterocycles. The predicted octanol–water partition coefficient (Wildman–Crippen LogP) is 5.07. The maximum absolute atomic E-state index is 12.5. The van der Waals surface area contributed by atoms with Gasteiger partial charge in [-0.3, -0.25) is 4.79 Å². The minimum atomic E-state index is -0.483. The van der Waals surface area contributed by atoms with Crippen LogP contribution < -0.4 is 0 Å². The van der Waals surface area contributed by atoms with Gasteiger partial charge in [-0.15, -0.1) is 5.10 Å². The first-order chi connectivity index (χ1) is 13.4. The van der Waals surface area contributed by atoms with Crippen LogP contribution >= 0.6 is 0 Å². The summed E-state index contributed by atoms with van der Waals surface area (Å²) in [7, 11) is 0. The topological polar surface area (TPSA) is 74.4 Å². The first-order valence-corrected chi connectivity index (χ1v) is 11.6. The maximum Gasteiger partial charge on any atom is 0.309 e. The van der Waals surface area contributed by atoms with Crippen molar-refractivity contribution in [2.45, 2.75) is 77.0 Å². The lowest BCUT2D eigenvalue weighted by atomic mass is 9.31. The third kappa shape index (κ3) is 1.85. The standard InChI is InChI=1S/C23H31N3O2/c27-19(28)21-5-16-2-17(6-21)10-23(9-16,13-21)22-7-14-1-15(8-22)4-20(3-14,12-22)18-11-24-26-25-18/h14-17H,1-13H2,(H,27,28). The van der Waals surface area contributed by atoms with Gasteiger partial charge in [-0.25, -0.2) is 0 Å². The van der Waals surface area contributed by atoms with Gasteiger partial charge in [0.05, 0.1) is 11.1 Å². The van der Waals surface area contributed by atoms with E-state index in [1.54, 1.807) is 0 Å². The molecule has 0 aromatic carbocycles. The molecule has 1 heterocycles. The van der Waals surface area contributed by atoms with Gasteiger partial charge in [-0.05, 0) is 117 Å². The van der Waals surface area contributed by atoms with Crippen molar-refractivity contribution in [2.75, 3.05) is 6.54 Å². The summed E-state index contributed by atoms with van der Waals surface area (Å²) in [4.78, 5) is 12.5. The highest BCUT2D eigenvalue weighted by Gasteiger charge is 2.71. The number of carbonyl (C=O) groups is 1. The van der Waals surface area contributed by atoms with Crippen LogP contribution in [0.25, 0.3) is 0 Å². The molecule has 8 aliphatic carbocycles. The van der Waals surface area contributed by atoms with E-state index in [4.69, 9.17) is 0 Å². The second kappa shape index (κ2) is 4.89. The molecule has 0 saturated heterocycles. The fourth-order valence-electron chi connectivity index (χ4n) is 10.8. The minimum absolute atomic E-state index is 0.229. The van der Waals surface area contributed by atoms with Crippen molar-refractivity contribution < 1.29 is 9.90 Å². The first-order valence-electron chi connectivity index (χ1n) is 11.6. The van der Waals surface area contributed by atoms with E-state index < -0.39 is 11.4 Å². The summed E-state index contributed by atoms with van der Waals surface area (Å²) < 4.78 is 0. The van der Waals surface area contributed by atoms with Crippen LogP contribution in [0.4, 0.5) is 0 Å². The van der Waals surface area contributed by atoms with Crippen LogP contribution in [0.1, 0.15) is 77.0 Å². The molecule has 4 atom stereocenters. The van der Waals surface area contributed by atoms with Crippen molar-refractivity contribution in [3.05, 3.63) is 0 Å². The number of nitrogens with zero attached hydrogens (tertiary/aromatic N) is 3. The fraction of sp³-hybridized carbons (Fsp3) is 0.913. The molecule has 0 spiro atoms. The van der Waals surface area contributed by atoms with Gasteiger partial charge in [0.2, 0.25) is 0 Å². The zero-order valence-electron chi connectivity index (χ0n) is 16.7. The van der Waals surface area contributed by atoms with Crippen molar-refractivity contribution in [1.29, 1.82) is 0 Å². The molecule has 0 aromatic heterocycles. The zero-order chi connectivity index (χ0) is 18.8. The van der Waals surface area contributed by atoms with Crippen LogP contribution in [0, 0.1) is 45.3 Å². The Bertz CT molecular complexity index is 802. The van der Waals surface area contributed by atoms with Crippen molar-refractivity contribution in [3.63, 3.8) is 0 Å². The van der Waals surface area contributed by atoms with Gasteiger partial charge in [0.1, 0.15) is 6.54 Å². The fourth-order valence-corrected chi connectivity index (χ4v) is 10.8. The molecule has 8 fully saturated rings. The molecule has 28 heavy (non-hydrogen) atoms. The number of hydrogen-bond donors (Lipinski definition) is 1. The van der Waals surface area contributed by atoms with Crippen LogP contribution in [0.15, 0.2) is 15.4 Å². The van der Waals surface area contributed by atoms with Gasteiger partial charge < -0.3 is 5.11 Å². The van der Waals surface area contributed by atoms with E-state index in [9.17, 15) is 9.90 Å². The quantitative estimate of drug-likeness (QED) is 0.741. The van der Waals surface area contributed by atoms with Gasteiger partial charge in [0.25, 0.3) is 0 Å². The van der Waals surface area contributed by atoms with Gasteiger partial charge in [-0.1, -0.05) is 0 Å². The molecule has 8 saturated carbocycles. The Morgan fingerprint density at radius 1 is 0.821 bits per heavy atom. The number of carboxylic acid groups (broad SMARTS) is 1. The molecule has 8 bridgehead atoms. The Labute approximate surface area is 166 Å². The SMILES string of the molecule is O=C(O)C12CC3CC(C1)CC(C14CC5CC(CC(C6=NN=NC6)(C5)C1)C4)(C3)C2. The van der Waals surface area contributed by atoms with Gasteiger partial charge >= 0.3 is 5.97 Å². The third-order valence-electron chi connectivity index (χ3n) is 10.8. The van der Waals surface area contributed by atoms with E-state index in [-0.39, 0.29) is 10.8 Å². The Kier molecular flexibility index (Phi) is 2.89. The van der Waals surface area contributed by atoms with Gasteiger partial charge in [0, 0.05) is 5.41 Å². The average Bonchev–Trinajstić information content (AvgIpc) is 3.15. The van der Waals surface area contributed by atoms with E-state index in [0.29, 0.717) is 23.8 Å². The highest BCUT2D eigenvalue weighted by Crippen LogP contribution is 2.78. The summed E-state index contributed by atoms with van der Waals surface area (Å²) in [5.41, 5.74) is 1.74.